The zero-order valence-electron chi connectivity index (χ0n) is 7.52. The fraction of sp³-hybridized carbons (Fsp3) is 0.400. The monoisotopic (exact) mass is 218 g/mol. The molecule has 13 heavy (non-hydrogen) atoms. The molecule has 0 aliphatic carbocycles. The average Bonchev–Trinajstić information content (AvgIpc) is 2.12. The van der Waals surface area contributed by atoms with E-state index in [2.05, 4.69) is 6.92 Å². The van der Waals surface area contributed by atoms with Crippen molar-refractivity contribution in [2.45, 2.75) is 20.0 Å². The maximum atomic E-state index is 5.84. The van der Waals surface area contributed by atoms with Crippen LogP contribution in [0.3, 0.4) is 0 Å². The Bertz CT molecular complexity index is 274. The number of rotatable bonds is 4. The van der Waals surface area contributed by atoms with Gasteiger partial charge in [0, 0.05) is 6.61 Å². The summed E-state index contributed by atoms with van der Waals surface area (Å²) in [4.78, 5) is 0. The molecule has 0 fully saturated rings. The molecule has 0 radical (unpaired) electrons. The summed E-state index contributed by atoms with van der Waals surface area (Å²) in [6.45, 7) is 3.46. The molecule has 1 nitrogen and oxygen atoms in total. The van der Waals surface area contributed by atoms with Crippen LogP contribution in [0.2, 0.25) is 10.0 Å². The van der Waals surface area contributed by atoms with Gasteiger partial charge < -0.3 is 4.74 Å². The molecule has 1 rings (SSSR count). The van der Waals surface area contributed by atoms with Gasteiger partial charge >= 0.3 is 0 Å². The molecule has 1 aromatic carbocycles. The zero-order valence-corrected chi connectivity index (χ0v) is 9.03. The van der Waals surface area contributed by atoms with Crippen LogP contribution in [0.15, 0.2) is 18.2 Å². The molecule has 0 saturated heterocycles. The van der Waals surface area contributed by atoms with Crippen LogP contribution >= 0.6 is 23.2 Å². The standard InChI is InChI=1S/C10H12Cl2O/c1-2-5-13-7-8-3-4-9(11)10(12)6-8/h3-4,6H,2,5,7H2,1H3. The first-order valence-corrected chi connectivity index (χ1v) is 5.01. The third-order valence-electron chi connectivity index (χ3n) is 1.60. The van der Waals surface area contributed by atoms with E-state index in [1.165, 1.54) is 0 Å². The summed E-state index contributed by atoms with van der Waals surface area (Å²) >= 11 is 11.6. The summed E-state index contributed by atoms with van der Waals surface area (Å²) in [6.07, 6.45) is 1.03. The summed E-state index contributed by atoms with van der Waals surface area (Å²) in [5, 5.41) is 1.17. The number of benzene rings is 1. The second-order valence-electron chi connectivity index (χ2n) is 2.80. The van der Waals surface area contributed by atoms with Crippen LogP contribution in [0.1, 0.15) is 18.9 Å². The van der Waals surface area contributed by atoms with E-state index in [1.807, 2.05) is 12.1 Å². The van der Waals surface area contributed by atoms with E-state index in [0.717, 1.165) is 18.6 Å². The topological polar surface area (TPSA) is 9.23 Å². The molecular formula is C10H12Cl2O. The Labute approximate surface area is 88.6 Å². The molecule has 0 aromatic heterocycles. The minimum absolute atomic E-state index is 0.583. The molecule has 0 amide bonds. The van der Waals surface area contributed by atoms with Gasteiger partial charge in [-0.2, -0.15) is 0 Å². The Morgan fingerprint density at radius 1 is 1.23 bits per heavy atom. The van der Waals surface area contributed by atoms with Gasteiger partial charge in [-0.3, -0.25) is 0 Å². The Morgan fingerprint density at radius 2 is 2.00 bits per heavy atom. The molecule has 0 atom stereocenters. The van der Waals surface area contributed by atoms with E-state index in [1.54, 1.807) is 6.07 Å². The number of hydrogen-bond donors (Lipinski definition) is 0. The predicted octanol–water partition coefficient (Wildman–Crippen LogP) is 3.92. The molecular weight excluding hydrogens is 207 g/mol. The van der Waals surface area contributed by atoms with Crippen molar-refractivity contribution >= 4 is 23.2 Å². The Balaban J connectivity index is 2.53. The average molecular weight is 219 g/mol. The molecule has 0 saturated carbocycles. The maximum absolute atomic E-state index is 5.84. The highest BCUT2D eigenvalue weighted by atomic mass is 35.5. The van der Waals surface area contributed by atoms with E-state index in [-0.39, 0.29) is 0 Å². The predicted molar refractivity (Wildman–Crippen MR) is 56.4 cm³/mol. The second kappa shape index (κ2) is 5.48. The molecule has 0 spiro atoms. The van der Waals surface area contributed by atoms with Crippen LogP contribution in [-0.2, 0) is 11.3 Å². The summed E-state index contributed by atoms with van der Waals surface area (Å²) in [7, 11) is 0. The van der Waals surface area contributed by atoms with Crippen molar-refractivity contribution in [3.63, 3.8) is 0 Å². The van der Waals surface area contributed by atoms with Crippen molar-refractivity contribution < 1.29 is 4.74 Å². The van der Waals surface area contributed by atoms with E-state index < -0.39 is 0 Å². The van der Waals surface area contributed by atoms with Gasteiger partial charge in [0.1, 0.15) is 0 Å². The van der Waals surface area contributed by atoms with E-state index in [4.69, 9.17) is 27.9 Å². The lowest BCUT2D eigenvalue weighted by Crippen LogP contribution is -1.93. The van der Waals surface area contributed by atoms with Crippen molar-refractivity contribution in [1.82, 2.24) is 0 Å². The molecule has 3 heteroatoms. The first-order valence-electron chi connectivity index (χ1n) is 4.25. The Hall–Kier alpha value is -0.240. The van der Waals surface area contributed by atoms with Gasteiger partial charge in [0.05, 0.1) is 16.7 Å². The highest BCUT2D eigenvalue weighted by molar-refractivity contribution is 6.41. The highest BCUT2D eigenvalue weighted by Crippen LogP contribution is 2.22. The maximum Gasteiger partial charge on any atom is 0.0717 e. The molecule has 72 valence electrons. The lowest BCUT2D eigenvalue weighted by molar-refractivity contribution is 0.121. The third kappa shape index (κ3) is 3.55. The van der Waals surface area contributed by atoms with E-state index in [0.29, 0.717) is 16.7 Å². The van der Waals surface area contributed by atoms with Gasteiger partial charge in [-0.15, -0.1) is 0 Å². The van der Waals surface area contributed by atoms with Crippen LogP contribution in [0.5, 0.6) is 0 Å². The second-order valence-corrected chi connectivity index (χ2v) is 3.62. The molecule has 0 bridgehead atoms. The van der Waals surface area contributed by atoms with Crippen molar-refractivity contribution in [2.75, 3.05) is 6.61 Å². The fourth-order valence-electron chi connectivity index (χ4n) is 0.964. The van der Waals surface area contributed by atoms with Crippen LogP contribution in [0.25, 0.3) is 0 Å². The van der Waals surface area contributed by atoms with Gasteiger partial charge in [0.2, 0.25) is 0 Å². The minimum atomic E-state index is 0.583. The molecule has 0 N–H and O–H groups in total. The van der Waals surface area contributed by atoms with Crippen molar-refractivity contribution in [1.29, 1.82) is 0 Å². The first kappa shape index (κ1) is 10.8. The third-order valence-corrected chi connectivity index (χ3v) is 2.34. The first-order chi connectivity index (χ1) is 6.24. The van der Waals surface area contributed by atoms with E-state index in [9.17, 15) is 0 Å². The smallest absolute Gasteiger partial charge is 0.0717 e. The zero-order chi connectivity index (χ0) is 9.68. The molecule has 0 aliphatic heterocycles. The highest BCUT2D eigenvalue weighted by Gasteiger charge is 1.98. The fourth-order valence-corrected chi connectivity index (χ4v) is 1.28. The van der Waals surface area contributed by atoms with Crippen LogP contribution in [-0.4, -0.2) is 6.61 Å². The normalized spacial score (nSPS) is 10.4. The van der Waals surface area contributed by atoms with Gasteiger partial charge in [-0.1, -0.05) is 36.2 Å². The van der Waals surface area contributed by atoms with Crippen molar-refractivity contribution in [2.24, 2.45) is 0 Å². The molecule has 1 aromatic rings. The van der Waals surface area contributed by atoms with Crippen LogP contribution in [0, 0.1) is 0 Å². The lowest BCUT2D eigenvalue weighted by atomic mass is 10.2. The molecule has 0 heterocycles. The molecule has 0 aliphatic rings. The summed E-state index contributed by atoms with van der Waals surface area (Å²) in [5.74, 6) is 0. The molecule has 0 unspecified atom stereocenters. The van der Waals surface area contributed by atoms with Crippen LogP contribution in [0.4, 0.5) is 0 Å². The number of ether oxygens (including phenoxy) is 1. The summed E-state index contributed by atoms with van der Waals surface area (Å²) in [6, 6.07) is 5.54. The largest absolute Gasteiger partial charge is 0.377 e. The van der Waals surface area contributed by atoms with Crippen molar-refractivity contribution in [3.05, 3.63) is 33.8 Å². The lowest BCUT2D eigenvalue weighted by Gasteiger charge is -2.03. The van der Waals surface area contributed by atoms with E-state index >= 15 is 0 Å². The summed E-state index contributed by atoms with van der Waals surface area (Å²) < 4.78 is 5.36. The van der Waals surface area contributed by atoms with Gasteiger partial charge in [0.25, 0.3) is 0 Å². The quantitative estimate of drug-likeness (QED) is 0.697. The van der Waals surface area contributed by atoms with Gasteiger partial charge in [-0.25, -0.2) is 0 Å². The number of hydrogen-bond acceptors (Lipinski definition) is 1. The van der Waals surface area contributed by atoms with Gasteiger partial charge in [-0.05, 0) is 24.1 Å². The SMILES string of the molecule is CCCOCc1ccc(Cl)c(Cl)c1. The Kier molecular flexibility index (Phi) is 4.57. The minimum Gasteiger partial charge on any atom is -0.377 e. The van der Waals surface area contributed by atoms with Gasteiger partial charge in [0.15, 0.2) is 0 Å². The number of halogens is 2. The van der Waals surface area contributed by atoms with Crippen molar-refractivity contribution in [3.8, 4) is 0 Å². The van der Waals surface area contributed by atoms with Crippen LogP contribution < -0.4 is 0 Å². The summed E-state index contributed by atoms with van der Waals surface area (Å²) in [5.41, 5.74) is 1.06. The Morgan fingerprint density at radius 3 is 2.62 bits per heavy atom.